The molecule has 1 saturated heterocycles. The molecule has 5 nitrogen and oxygen atoms in total. The summed E-state index contributed by atoms with van der Waals surface area (Å²) < 4.78 is 9.86. The SMILES string of the molecule is COc1ccc(N2CC(COC(N)=O)C2)cc1. The number of anilines is 1. The van der Waals surface area contributed by atoms with Crippen LogP contribution in [0.3, 0.4) is 0 Å². The predicted molar refractivity (Wildman–Crippen MR) is 64.2 cm³/mol. The number of nitrogens with two attached hydrogens (primary N) is 1. The quantitative estimate of drug-likeness (QED) is 0.853. The molecule has 1 aliphatic rings. The van der Waals surface area contributed by atoms with E-state index < -0.39 is 6.09 Å². The highest BCUT2D eigenvalue weighted by molar-refractivity contribution is 5.64. The van der Waals surface area contributed by atoms with E-state index in [0.29, 0.717) is 12.5 Å². The van der Waals surface area contributed by atoms with E-state index in [2.05, 4.69) is 4.90 Å². The number of ether oxygens (including phenoxy) is 2. The minimum absolute atomic E-state index is 0.379. The van der Waals surface area contributed by atoms with Crippen molar-refractivity contribution >= 4 is 11.8 Å². The van der Waals surface area contributed by atoms with Gasteiger partial charge in [-0.2, -0.15) is 0 Å². The summed E-state index contributed by atoms with van der Waals surface area (Å²) in [4.78, 5) is 12.7. The number of hydrogen-bond acceptors (Lipinski definition) is 4. The molecule has 0 radical (unpaired) electrons. The van der Waals surface area contributed by atoms with E-state index in [1.54, 1.807) is 7.11 Å². The van der Waals surface area contributed by atoms with Gasteiger partial charge in [-0.3, -0.25) is 0 Å². The minimum Gasteiger partial charge on any atom is -0.497 e. The molecule has 0 unspecified atom stereocenters. The first-order valence-electron chi connectivity index (χ1n) is 5.50. The first kappa shape index (κ1) is 11.6. The molecule has 1 aromatic carbocycles. The van der Waals surface area contributed by atoms with E-state index in [0.717, 1.165) is 24.5 Å². The van der Waals surface area contributed by atoms with Crippen LogP contribution in [0.15, 0.2) is 24.3 Å². The third-order valence-electron chi connectivity index (χ3n) is 2.86. The standard InChI is InChI=1S/C12H16N2O3/c1-16-11-4-2-10(3-5-11)14-6-9(7-14)8-17-12(13)15/h2-5,9H,6-8H2,1H3,(H2,13,15). The minimum atomic E-state index is -0.701. The second-order valence-electron chi connectivity index (χ2n) is 4.10. The van der Waals surface area contributed by atoms with Crippen molar-refractivity contribution in [2.24, 2.45) is 11.7 Å². The lowest BCUT2D eigenvalue weighted by Gasteiger charge is -2.40. The van der Waals surface area contributed by atoms with Crippen molar-refractivity contribution in [2.45, 2.75) is 0 Å². The molecule has 0 spiro atoms. The van der Waals surface area contributed by atoms with Crippen molar-refractivity contribution in [2.75, 3.05) is 31.7 Å². The molecule has 0 aliphatic carbocycles. The van der Waals surface area contributed by atoms with Gasteiger partial charge in [0.05, 0.1) is 13.7 Å². The Morgan fingerprint density at radius 2 is 2.06 bits per heavy atom. The fourth-order valence-electron chi connectivity index (χ4n) is 1.88. The van der Waals surface area contributed by atoms with Gasteiger partial charge >= 0.3 is 6.09 Å². The number of amides is 1. The van der Waals surface area contributed by atoms with Crippen LogP contribution in [-0.2, 0) is 4.74 Å². The molecular weight excluding hydrogens is 220 g/mol. The molecule has 1 heterocycles. The van der Waals surface area contributed by atoms with E-state index in [1.165, 1.54) is 0 Å². The second-order valence-corrected chi connectivity index (χ2v) is 4.10. The number of rotatable bonds is 4. The lowest BCUT2D eigenvalue weighted by Crippen LogP contribution is -2.49. The van der Waals surface area contributed by atoms with Crippen LogP contribution in [0.2, 0.25) is 0 Å². The van der Waals surface area contributed by atoms with E-state index in [-0.39, 0.29) is 0 Å². The third-order valence-corrected chi connectivity index (χ3v) is 2.86. The summed E-state index contributed by atoms with van der Waals surface area (Å²) in [7, 11) is 1.65. The number of hydrogen-bond donors (Lipinski definition) is 1. The van der Waals surface area contributed by atoms with Crippen LogP contribution >= 0.6 is 0 Å². The molecule has 0 atom stereocenters. The molecule has 0 aromatic heterocycles. The van der Waals surface area contributed by atoms with Crippen molar-refractivity contribution in [3.05, 3.63) is 24.3 Å². The summed E-state index contributed by atoms with van der Waals surface area (Å²) >= 11 is 0. The zero-order valence-electron chi connectivity index (χ0n) is 9.76. The molecule has 2 rings (SSSR count). The van der Waals surface area contributed by atoms with Gasteiger partial charge in [0.1, 0.15) is 5.75 Å². The maximum Gasteiger partial charge on any atom is 0.404 e. The van der Waals surface area contributed by atoms with Gasteiger partial charge in [0.25, 0.3) is 0 Å². The number of carbonyl (C=O) groups is 1. The number of nitrogens with zero attached hydrogens (tertiary/aromatic N) is 1. The van der Waals surface area contributed by atoms with Crippen molar-refractivity contribution in [3.63, 3.8) is 0 Å². The summed E-state index contributed by atoms with van der Waals surface area (Å²) in [6.07, 6.45) is -0.701. The molecule has 0 saturated carbocycles. The lowest BCUT2D eigenvalue weighted by molar-refractivity contribution is 0.128. The maximum absolute atomic E-state index is 10.4. The molecule has 2 N–H and O–H groups in total. The molecule has 1 aliphatic heterocycles. The molecule has 1 aromatic rings. The zero-order valence-corrected chi connectivity index (χ0v) is 9.76. The van der Waals surface area contributed by atoms with Crippen LogP contribution in [0.4, 0.5) is 10.5 Å². The van der Waals surface area contributed by atoms with Crippen LogP contribution < -0.4 is 15.4 Å². The Labute approximate surface area is 100 Å². The first-order chi connectivity index (χ1) is 8.19. The number of primary amides is 1. The Balaban J connectivity index is 1.80. The Bertz CT molecular complexity index is 385. The van der Waals surface area contributed by atoms with Gasteiger partial charge in [-0.25, -0.2) is 4.79 Å². The van der Waals surface area contributed by atoms with Gasteiger partial charge in [0.15, 0.2) is 0 Å². The van der Waals surface area contributed by atoms with Crippen molar-refractivity contribution in [1.82, 2.24) is 0 Å². The topological polar surface area (TPSA) is 64.8 Å². The molecule has 1 fully saturated rings. The van der Waals surface area contributed by atoms with Crippen LogP contribution in [-0.4, -0.2) is 32.9 Å². The number of carbonyl (C=O) groups excluding carboxylic acids is 1. The van der Waals surface area contributed by atoms with Crippen LogP contribution in [0.1, 0.15) is 0 Å². The number of benzene rings is 1. The normalized spacial score (nSPS) is 15.2. The monoisotopic (exact) mass is 236 g/mol. The smallest absolute Gasteiger partial charge is 0.404 e. The van der Waals surface area contributed by atoms with Gasteiger partial charge in [-0.05, 0) is 24.3 Å². The van der Waals surface area contributed by atoms with E-state index in [1.807, 2.05) is 24.3 Å². The molecule has 5 heteroatoms. The van der Waals surface area contributed by atoms with Crippen LogP contribution in [0, 0.1) is 5.92 Å². The average Bonchev–Trinajstić information content (AvgIpc) is 2.27. The highest BCUT2D eigenvalue weighted by Crippen LogP contribution is 2.26. The average molecular weight is 236 g/mol. The van der Waals surface area contributed by atoms with Gasteiger partial charge in [0, 0.05) is 24.7 Å². The highest BCUT2D eigenvalue weighted by atomic mass is 16.5. The molecule has 92 valence electrons. The Hall–Kier alpha value is -1.91. The summed E-state index contributed by atoms with van der Waals surface area (Å²) in [5.41, 5.74) is 6.06. The Kier molecular flexibility index (Phi) is 3.37. The van der Waals surface area contributed by atoms with Crippen molar-refractivity contribution in [1.29, 1.82) is 0 Å². The molecular formula is C12H16N2O3. The summed E-state index contributed by atoms with van der Waals surface area (Å²) in [5, 5.41) is 0. The van der Waals surface area contributed by atoms with Crippen LogP contribution in [0.5, 0.6) is 5.75 Å². The highest BCUT2D eigenvalue weighted by Gasteiger charge is 2.27. The third kappa shape index (κ3) is 2.81. The summed E-state index contributed by atoms with van der Waals surface area (Å²) in [6.45, 7) is 2.18. The van der Waals surface area contributed by atoms with Gasteiger partial charge < -0.3 is 20.1 Å². The van der Waals surface area contributed by atoms with E-state index >= 15 is 0 Å². The fraction of sp³-hybridized carbons (Fsp3) is 0.417. The van der Waals surface area contributed by atoms with E-state index in [9.17, 15) is 4.79 Å². The molecule has 17 heavy (non-hydrogen) atoms. The Morgan fingerprint density at radius 3 is 2.59 bits per heavy atom. The fourth-order valence-corrected chi connectivity index (χ4v) is 1.88. The first-order valence-corrected chi connectivity index (χ1v) is 5.50. The predicted octanol–water partition coefficient (Wildman–Crippen LogP) is 1.23. The largest absolute Gasteiger partial charge is 0.497 e. The van der Waals surface area contributed by atoms with Gasteiger partial charge in [0.2, 0.25) is 0 Å². The zero-order chi connectivity index (χ0) is 12.3. The van der Waals surface area contributed by atoms with Crippen molar-refractivity contribution in [3.8, 4) is 5.75 Å². The number of methoxy groups -OCH3 is 1. The van der Waals surface area contributed by atoms with Gasteiger partial charge in [-0.15, -0.1) is 0 Å². The summed E-state index contributed by atoms with van der Waals surface area (Å²) in [6, 6.07) is 7.90. The van der Waals surface area contributed by atoms with E-state index in [4.69, 9.17) is 15.2 Å². The second kappa shape index (κ2) is 4.95. The molecule has 1 amide bonds. The summed E-state index contributed by atoms with van der Waals surface area (Å²) in [5.74, 6) is 1.23. The Morgan fingerprint density at radius 1 is 1.41 bits per heavy atom. The lowest BCUT2D eigenvalue weighted by atomic mass is 10.0. The van der Waals surface area contributed by atoms with Crippen LogP contribution in [0.25, 0.3) is 0 Å². The van der Waals surface area contributed by atoms with Crippen molar-refractivity contribution < 1.29 is 14.3 Å². The maximum atomic E-state index is 10.4. The van der Waals surface area contributed by atoms with Gasteiger partial charge in [-0.1, -0.05) is 0 Å². The molecule has 0 bridgehead atoms.